The Bertz CT molecular complexity index is 973. The summed E-state index contributed by atoms with van der Waals surface area (Å²) < 4.78 is 59.6. The number of alkyl halides is 3. The van der Waals surface area contributed by atoms with E-state index in [2.05, 4.69) is 20.0 Å². The van der Waals surface area contributed by atoms with Crippen molar-refractivity contribution >= 4 is 5.91 Å². The number of aliphatic hydroxyl groups is 1. The zero-order chi connectivity index (χ0) is 21.9. The molecule has 1 aromatic heterocycles. The number of nitrogens with zero attached hydrogens (tertiary/aromatic N) is 1. The summed E-state index contributed by atoms with van der Waals surface area (Å²) in [6, 6.07) is 2.27. The molecule has 3 rings (SSSR count). The number of H-pyrrole nitrogens is 1. The molecule has 0 radical (unpaired) electrons. The van der Waals surface area contributed by atoms with Crippen molar-refractivity contribution in [2.75, 3.05) is 13.2 Å². The molecule has 1 saturated heterocycles. The van der Waals surface area contributed by atoms with Gasteiger partial charge in [-0.15, -0.1) is 13.2 Å². The smallest absolute Gasteiger partial charge is 0.403 e. The first kappa shape index (κ1) is 21.7. The van der Waals surface area contributed by atoms with Crippen molar-refractivity contribution in [1.82, 2.24) is 15.3 Å². The molecule has 1 amide bonds. The van der Waals surface area contributed by atoms with Gasteiger partial charge in [-0.3, -0.25) is 9.59 Å². The van der Waals surface area contributed by atoms with E-state index >= 15 is 0 Å². The molecule has 1 unspecified atom stereocenters. The van der Waals surface area contributed by atoms with Crippen molar-refractivity contribution in [3.63, 3.8) is 0 Å². The van der Waals surface area contributed by atoms with Crippen LogP contribution in [0, 0.1) is 5.82 Å². The number of aromatic nitrogens is 2. The molecule has 3 N–H and O–H groups in total. The molecular weight excluding hydrogens is 414 g/mol. The predicted octanol–water partition coefficient (Wildman–Crippen LogP) is 2.12. The first-order valence-corrected chi connectivity index (χ1v) is 8.86. The molecule has 0 spiro atoms. The van der Waals surface area contributed by atoms with Crippen LogP contribution in [0.25, 0.3) is 0 Å². The third kappa shape index (κ3) is 5.33. The van der Waals surface area contributed by atoms with Gasteiger partial charge in [0.25, 0.3) is 11.5 Å². The van der Waals surface area contributed by atoms with E-state index in [0.29, 0.717) is 19.1 Å². The molecule has 1 aliphatic rings. The number of hydrogen-bond donors (Lipinski definition) is 3. The highest BCUT2D eigenvalue weighted by Gasteiger charge is 2.32. The molecule has 2 heterocycles. The fraction of sp³-hybridized carbons (Fsp3) is 0.389. The Morgan fingerprint density at radius 1 is 1.40 bits per heavy atom. The molecule has 1 aromatic carbocycles. The van der Waals surface area contributed by atoms with Gasteiger partial charge in [-0.05, 0) is 30.5 Å². The minimum atomic E-state index is -5.07. The summed E-state index contributed by atoms with van der Waals surface area (Å²) in [6.07, 6.45) is -4.12. The minimum absolute atomic E-state index is 0.0120. The monoisotopic (exact) mass is 431 g/mol. The van der Waals surface area contributed by atoms with Crippen molar-refractivity contribution in [3.8, 4) is 5.75 Å². The van der Waals surface area contributed by atoms with Crippen molar-refractivity contribution in [3.05, 3.63) is 57.5 Å². The first-order chi connectivity index (χ1) is 14.2. The zero-order valence-corrected chi connectivity index (χ0v) is 15.3. The Hall–Kier alpha value is -2.99. The van der Waals surface area contributed by atoms with Gasteiger partial charge < -0.3 is 24.9 Å². The Morgan fingerprint density at radius 3 is 2.77 bits per heavy atom. The summed E-state index contributed by atoms with van der Waals surface area (Å²) in [5.74, 6) is -3.03. The van der Waals surface area contributed by atoms with Crippen LogP contribution in [0.5, 0.6) is 5.75 Å². The summed E-state index contributed by atoms with van der Waals surface area (Å²) in [6.45, 7) is -0.191. The number of halogens is 4. The lowest BCUT2D eigenvalue weighted by Crippen LogP contribution is -2.33. The molecule has 0 bridgehead atoms. The van der Waals surface area contributed by atoms with Gasteiger partial charge in [0, 0.05) is 12.7 Å². The van der Waals surface area contributed by atoms with Crippen LogP contribution in [0.4, 0.5) is 17.6 Å². The standard InChI is InChI=1S/C18H17F4N3O5/c19-10-6-9(3-4-13(10)30-18(20,21)22)12(8-26)24-17(28)11-7-15(27)25-16(23-11)14-2-1-5-29-14/h3-4,6-7,12,14,26H,1-2,5,8H2,(H,24,28)(H,23,25,27)/t12-,14?/m1/s1. The second-order valence-electron chi connectivity index (χ2n) is 6.46. The predicted molar refractivity (Wildman–Crippen MR) is 93.2 cm³/mol. The van der Waals surface area contributed by atoms with Gasteiger partial charge in [0.05, 0.1) is 12.6 Å². The fourth-order valence-corrected chi connectivity index (χ4v) is 2.95. The normalized spacial score (nSPS) is 17.6. The molecule has 30 heavy (non-hydrogen) atoms. The van der Waals surface area contributed by atoms with E-state index in [4.69, 9.17) is 4.74 Å². The minimum Gasteiger partial charge on any atom is -0.403 e. The second kappa shape index (κ2) is 8.79. The van der Waals surface area contributed by atoms with Crippen LogP contribution in [-0.2, 0) is 4.74 Å². The van der Waals surface area contributed by atoms with Crippen LogP contribution in [0.3, 0.4) is 0 Å². The molecule has 2 atom stereocenters. The van der Waals surface area contributed by atoms with E-state index in [0.717, 1.165) is 24.6 Å². The van der Waals surface area contributed by atoms with Crippen LogP contribution in [-0.4, -0.2) is 40.6 Å². The van der Waals surface area contributed by atoms with Gasteiger partial charge in [0.1, 0.15) is 17.6 Å². The zero-order valence-electron chi connectivity index (χ0n) is 15.3. The molecule has 162 valence electrons. The molecule has 0 saturated carbocycles. The number of ether oxygens (including phenoxy) is 2. The molecule has 12 heteroatoms. The van der Waals surface area contributed by atoms with Crippen molar-refractivity contribution in [2.45, 2.75) is 31.3 Å². The number of amides is 1. The number of hydrogen-bond acceptors (Lipinski definition) is 6. The molecule has 1 aliphatic heterocycles. The third-order valence-corrected chi connectivity index (χ3v) is 4.30. The molecule has 2 aromatic rings. The maximum atomic E-state index is 13.9. The quantitative estimate of drug-likeness (QED) is 0.604. The number of benzene rings is 1. The van der Waals surface area contributed by atoms with Crippen LogP contribution in [0.1, 0.15) is 46.9 Å². The van der Waals surface area contributed by atoms with Crippen LogP contribution in [0.15, 0.2) is 29.1 Å². The van der Waals surface area contributed by atoms with Crippen molar-refractivity contribution < 1.29 is 36.9 Å². The lowest BCUT2D eigenvalue weighted by atomic mass is 10.1. The SMILES string of the molecule is O=C(N[C@H](CO)c1ccc(OC(F)(F)F)c(F)c1)c1cc(=O)[nH]c(C2CCCO2)n1. The molecule has 8 nitrogen and oxygen atoms in total. The second-order valence-corrected chi connectivity index (χ2v) is 6.46. The summed E-state index contributed by atoms with van der Waals surface area (Å²) in [7, 11) is 0. The fourth-order valence-electron chi connectivity index (χ4n) is 2.95. The average molecular weight is 431 g/mol. The summed E-state index contributed by atoms with van der Waals surface area (Å²) in [5.41, 5.74) is -0.844. The number of rotatable bonds is 6. The van der Waals surface area contributed by atoms with Gasteiger partial charge in [-0.25, -0.2) is 9.37 Å². The topological polar surface area (TPSA) is 114 Å². The van der Waals surface area contributed by atoms with Crippen LogP contribution >= 0.6 is 0 Å². The summed E-state index contributed by atoms with van der Waals surface area (Å²) >= 11 is 0. The van der Waals surface area contributed by atoms with Gasteiger partial charge in [0.2, 0.25) is 0 Å². The molecular formula is C18H17F4N3O5. The Kier molecular flexibility index (Phi) is 6.37. The number of carbonyl (C=O) groups is 1. The Morgan fingerprint density at radius 2 is 2.17 bits per heavy atom. The van der Waals surface area contributed by atoms with E-state index in [1.54, 1.807) is 0 Å². The molecule has 1 fully saturated rings. The lowest BCUT2D eigenvalue weighted by Gasteiger charge is -2.18. The highest BCUT2D eigenvalue weighted by Crippen LogP contribution is 2.28. The number of carbonyl (C=O) groups excluding carboxylic acids is 1. The van der Waals surface area contributed by atoms with E-state index < -0.39 is 48.1 Å². The van der Waals surface area contributed by atoms with Crippen molar-refractivity contribution in [2.24, 2.45) is 0 Å². The number of aromatic amines is 1. The number of nitrogens with one attached hydrogen (secondary N) is 2. The van der Waals surface area contributed by atoms with Crippen LogP contribution in [0.2, 0.25) is 0 Å². The average Bonchev–Trinajstić information content (AvgIpc) is 3.21. The van der Waals surface area contributed by atoms with E-state index in [1.165, 1.54) is 0 Å². The largest absolute Gasteiger partial charge is 0.573 e. The highest BCUT2D eigenvalue weighted by molar-refractivity contribution is 5.92. The van der Waals surface area contributed by atoms with E-state index in [1.807, 2.05) is 0 Å². The Balaban J connectivity index is 1.78. The van der Waals surface area contributed by atoms with E-state index in [-0.39, 0.29) is 17.1 Å². The summed E-state index contributed by atoms with van der Waals surface area (Å²) in [4.78, 5) is 30.9. The third-order valence-electron chi connectivity index (χ3n) is 4.30. The summed E-state index contributed by atoms with van der Waals surface area (Å²) in [5, 5.41) is 11.9. The van der Waals surface area contributed by atoms with Gasteiger partial charge in [0.15, 0.2) is 11.6 Å². The molecule has 0 aliphatic carbocycles. The first-order valence-electron chi connectivity index (χ1n) is 8.86. The number of aliphatic hydroxyl groups excluding tert-OH is 1. The maximum absolute atomic E-state index is 13.9. The Labute approximate surface area is 166 Å². The van der Waals surface area contributed by atoms with Gasteiger partial charge in [-0.1, -0.05) is 6.07 Å². The van der Waals surface area contributed by atoms with E-state index in [9.17, 15) is 32.3 Å². The van der Waals surface area contributed by atoms with Crippen molar-refractivity contribution in [1.29, 1.82) is 0 Å². The van der Waals surface area contributed by atoms with Crippen LogP contribution < -0.4 is 15.6 Å². The van der Waals surface area contributed by atoms with Gasteiger partial charge in [-0.2, -0.15) is 0 Å². The van der Waals surface area contributed by atoms with Gasteiger partial charge >= 0.3 is 6.36 Å². The lowest BCUT2D eigenvalue weighted by molar-refractivity contribution is -0.275. The highest BCUT2D eigenvalue weighted by atomic mass is 19.4. The maximum Gasteiger partial charge on any atom is 0.573 e.